The minimum Gasteiger partial charge on any atom is -0.342 e. The van der Waals surface area contributed by atoms with Gasteiger partial charge in [0.1, 0.15) is 6.67 Å². The second kappa shape index (κ2) is 5.74. The van der Waals surface area contributed by atoms with Crippen LogP contribution in [0.25, 0.3) is 23.0 Å². The van der Waals surface area contributed by atoms with Crippen LogP contribution in [0.1, 0.15) is 5.82 Å². The van der Waals surface area contributed by atoms with Crippen molar-refractivity contribution in [3.05, 3.63) is 30.6 Å². The van der Waals surface area contributed by atoms with Gasteiger partial charge in [0.25, 0.3) is 0 Å². The van der Waals surface area contributed by atoms with Crippen LogP contribution >= 0.6 is 0 Å². The van der Waals surface area contributed by atoms with E-state index in [1.807, 2.05) is 0 Å². The smallest absolute Gasteiger partial charge is 0.342 e. The Hall–Kier alpha value is -2.85. The van der Waals surface area contributed by atoms with Crippen molar-refractivity contribution < 1.29 is 17.6 Å². The third-order valence-corrected chi connectivity index (χ3v) is 2.84. The topological polar surface area (TPSA) is 85.2 Å². The maximum Gasteiger partial charge on any atom is 0.451 e. The first kappa shape index (κ1) is 15.1. The fourth-order valence-electron chi connectivity index (χ4n) is 1.87. The molecule has 0 aliphatic carbocycles. The Morgan fingerprint density at radius 2 is 1.87 bits per heavy atom. The average molecular weight is 327 g/mol. The average Bonchev–Trinajstić information content (AvgIpc) is 3.16. The number of rotatable bonds is 4. The Morgan fingerprint density at radius 1 is 1.13 bits per heavy atom. The van der Waals surface area contributed by atoms with E-state index in [0.29, 0.717) is 5.82 Å². The molecule has 120 valence electrons. The minimum absolute atomic E-state index is 0.107. The van der Waals surface area contributed by atoms with E-state index in [-0.39, 0.29) is 23.8 Å². The van der Waals surface area contributed by atoms with Crippen molar-refractivity contribution in [3.8, 4) is 23.0 Å². The molecule has 0 aliphatic heterocycles. The van der Waals surface area contributed by atoms with E-state index in [1.54, 1.807) is 6.20 Å². The largest absolute Gasteiger partial charge is 0.451 e. The zero-order valence-electron chi connectivity index (χ0n) is 11.4. The highest BCUT2D eigenvalue weighted by Gasteiger charge is 2.34. The van der Waals surface area contributed by atoms with E-state index in [2.05, 4.69) is 30.0 Å². The highest BCUT2D eigenvalue weighted by molar-refractivity contribution is 5.56. The van der Waals surface area contributed by atoms with Crippen LogP contribution in [0.3, 0.4) is 0 Å². The zero-order valence-corrected chi connectivity index (χ0v) is 11.4. The van der Waals surface area contributed by atoms with Gasteiger partial charge in [0.2, 0.25) is 11.6 Å². The van der Waals surface area contributed by atoms with Gasteiger partial charge in [-0.25, -0.2) is 29.0 Å². The maximum absolute atomic E-state index is 12.7. The molecule has 0 atom stereocenters. The van der Waals surface area contributed by atoms with E-state index in [0.717, 1.165) is 12.4 Å². The van der Waals surface area contributed by atoms with Gasteiger partial charge in [-0.05, 0) is 0 Å². The van der Waals surface area contributed by atoms with Crippen molar-refractivity contribution in [3.63, 3.8) is 0 Å². The highest BCUT2D eigenvalue weighted by Crippen LogP contribution is 2.27. The first-order valence-electron chi connectivity index (χ1n) is 6.39. The molecule has 0 bridgehead atoms. The lowest BCUT2D eigenvalue weighted by Crippen LogP contribution is -2.11. The lowest BCUT2D eigenvalue weighted by molar-refractivity contribution is -0.144. The molecular formula is C12H9F4N7. The Bertz CT molecular complexity index is 777. The summed E-state index contributed by atoms with van der Waals surface area (Å²) in [6, 6.07) is 0. The van der Waals surface area contributed by atoms with Crippen molar-refractivity contribution in [2.75, 3.05) is 6.67 Å². The fourth-order valence-corrected chi connectivity index (χ4v) is 1.87. The zero-order chi connectivity index (χ0) is 16.4. The van der Waals surface area contributed by atoms with Crippen molar-refractivity contribution in [2.45, 2.75) is 12.7 Å². The molecule has 0 radical (unpaired) electrons. The molecule has 11 heteroatoms. The van der Waals surface area contributed by atoms with Crippen molar-refractivity contribution in [1.29, 1.82) is 0 Å². The molecule has 3 aromatic heterocycles. The Morgan fingerprint density at radius 3 is 2.43 bits per heavy atom. The summed E-state index contributed by atoms with van der Waals surface area (Å²) in [5, 5.41) is 4.08. The molecule has 3 rings (SSSR count). The molecule has 0 unspecified atom stereocenters. The number of aromatic amines is 1. The van der Waals surface area contributed by atoms with Crippen LogP contribution in [-0.2, 0) is 12.7 Å². The Balaban J connectivity index is 2.01. The van der Waals surface area contributed by atoms with Gasteiger partial charge in [0.05, 0.1) is 12.1 Å². The van der Waals surface area contributed by atoms with Crippen LogP contribution in [0.2, 0.25) is 0 Å². The van der Waals surface area contributed by atoms with E-state index >= 15 is 0 Å². The first-order chi connectivity index (χ1) is 11.0. The van der Waals surface area contributed by atoms with E-state index < -0.39 is 18.7 Å². The number of halogens is 4. The summed E-state index contributed by atoms with van der Waals surface area (Å²) in [5.41, 5.74) is 0.191. The molecule has 3 aromatic rings. The summed E-state index contributed by atoms with van der Waals surface area (Å²) < 4.78 is 51.4. The molecule has 3 heterocycles. The predicted octanol–water partition coefficient (Wildman–Crippen LogP) is 2.11. The first-order valence-corrected chi connectivity index (χ1v) is 6.39. The molecular weight excluding hydrogens is 318 g/mol. The summed E-state index contributed by atoms with van der Waals surface area (Å²) in [5.74, 6) is -0.554. The monoisotopic (exact) mass is 327 g/mol. The molecule has 0 saturated carbocycles. The third kappa shape index (κ3) is 3.03. The van der Waals surface area contributed by atoms with Crippen LogP contribution in [0, 0.1) is 0 Å². The normalized spacial score (nSPS) is 11.8. The van der Waals surface area contributed by atoms with Gasteiger partial charge >= 0.3 is 6.18 Å². The van der Waals surface area contributed by atoms with Crippen molar-refractivity contribution >= 4 is 0 Å². The molecule has 0 amide bonds. The standard InChI is InChI=1S/C12H9F4N7/c13-1-4-23-10(21-9(22-23)8-17-2-3-18-8)7-5-19-11(20-6-7)12(14,15)16/h2-3,5-6H,1,4H2,(H,17,18). The second-order valence-electron chi connectivity index (χ2n) is 4.40. The molecule has 0 spiro atoms. The molecule has 1 N–H and O–H groups in total. The molecule has 0 fully saturated rings. The second-order valence-corrected chi connectivity index (χ2v) is 4.40. The number of nitrogens with zero attached hydrogens (tertiary/aromatic N) is 6. The van der Waals surface area contributed by atoms with Gasteiger partial charge in [-0.1, -0.05) is 0 Å². The van der Waals surface area contributed by atoms with Crippen molar-refractivity contribution in [2.24, 2.45) is 0 Å². The molecule has 0 aliphatic rings. The molecule has 7 nitrogen and oxygen atoms in total. The SMILES string of the molecule is FCCn1nc(-c2ncc[nH]2)nc1-c1cnc(C(F)(F)F)nc1. The molecule has 0 saturated heterocycles. The van der Waals surface area contributed by atoms with Crippen LogP contribution in [0.5, 0.6) is 0 Å². The van der Waals surface area contributed by atoms with Gasteiger partial charge in [0, 0.05) is 24.8 Å². The summed E-state index contributed by atoms with van der Waals surface area (Å²) in [6.45, 7) is -0.820. The van der Waals surface area contributed by atoms with Gasteiger partial charge in [-0.15, -0.1) is 5.10 Å². The third-order valence-electron chi connectivity index (χ3n) is 2.84. The Kier molecular flexibility index (Phi) is 3.76. The number of aromatic nitrogens is 7. The van der Waals surface area contributed by atoms with Gasteiger partial charge in [-0.2, -0.15) is 13.2 Å². The fraction of sp³-hybridized carbons (Fsp3) is 0.250. The van der Waals surface area contributed by atoms with E-state index in [1.165, 1.54) is 10.9 Å². The number of imidazole rings is 1. The lowest BCUT2D eigenvalue weighted by Gasteiger charge is -2.05. The number of H-pyrrole nitrogens is 1. The maximum atomic E-state index is 12.7. The highest BCUT2D eigenvalue weighted by atomic mass is 19.4. The lowest BCUT2D eigenvalue weighted by atomic mass is 10.3. The number of alkyl halides is 4. The number of nitrogens with one attached hydrogen (secondary N) is 1. The predicted molar refractivity (Wildman–Crippen MR) is 69.6 cm³/mol. The van der Waals surface area contributed by atoms with Crippen LogP contribution < -0.4 is 0 Å². The van der Waals surface area contributed by atoms with Gasteiger partial charge in [-0.3, -0.25) is 0 Å². The van der Waals surface area contributed by atoms with Crippen LogP contribution in [-0.4, -0.2) is 41.4 Å². The summed E-state index contributed by atoms with van der Waals surface area (Å²) in [4.78, 5) is 17.5. The number of aryl methyl sites for hydroxylation is 1. The summed E-state index contributed by atoms with van der Waals surface area (Å²) >= 11 is 0. The van der Waals surface area contributed by atoms with Crippen molar-refractivity contribution in [1.82, 2.24) is 34.7 Å². The number of hydrogen-bond acceptors (Lipinski definition) is 5. The number of hydrogen-bond donors (Lipinski definition) is 1. The van der Waals surface area contributed by atoms with Crippen LogP contribution in [0.4, 0.5) is 17.6 Å². The Labute approximate surface area is 126 Å². The minimum atomic E-state index is -4.63. The summed E-state index contributed by atoms with van der Waals surface area (Å²) in [7, 11) is 0. The summed E-state index contributed by atoms with van der Waals surface area (Å²) in [6.07, 6.45) is 0.365. The van der Waals surface area contributed by atoms with E-state index in [9.17, 15) is 17.6 Å². The molecule has 0 aromatic carbocycles. The van der Waals surface area contributed by atoms with Gasteiger partial charge < -0.3 is 4.98 Å². The molecule has 23 heavy (non-hydrogen) atoms. The van der Waals surface area contributed by atoms with Crippen LogP contribution in [0.15, 0.2) is 24.8 Å². The quantitative estimate of drug-likeness (QED) is 0.742. The van der Waals surface area contributed by atoms with Gasteiger partial charge in [0.15, 0.2) is 11.6 Å². The van der Waals surface area contributed by atoms with E-state index in [4.69, 9.17) is 0 Å².